The summed E-state index contributed by atoms with van der Waals surface area (Å²) in [6, 6.07) is 0. The monoisotopic (exact) mass is 336 g/mol. The zero-order chi connectivity index (χ0) is 17.7. The Hall–Kier alpha value is -0.860. The molecule has 1 saturated carbocycles. The van der Waals surface area contributed by atoms with Crippen LogP contribution in [0.1, 0.15) is 84.0 Å². The number of allylic oxidation sites excluding steroid dienone is 3. The molecule has 0 aromatic heterocycles. The van der Waals surface area contributed by atoms with Gasteiger partial charge in [-0.05, 0) is 68.9 Å². The summed E-state index contributed by atoms with van der Waals surface area (Å²) in [4.78, 5) is 0. The average molecular weight is 337 g/mol. The highest BCUT2D eigenvalue weighted by Crippen LogP contribution is 2.35. The van der Waals surface area contributed by atoms with Gasteiger partial charge in [-0.3, -0.25) is 0 Å². The smallest absolute Gasteiger partial charge is 0.275 e. The number of unbranched alkanes of at least 4 members (excludes halogenated alkanes) is 5. The fraction of sp³-hybridized carbons (Fsp3) is 0.762. The summed E-state index contributed by atoms with van der Waals surface area (Å²) in [6.07, 6.45) is 21.7. The van der Waals surface area contributed by atoms with E-state index in [1.54, 1.807) is 0 Å². The van der Waals surface area contributed by atoms with Gasteiger partial charge in [0.25, 0.3) is 5.97 Å². The summed E-state index contributed by atoms with van der Waals surface area (Å²) in [5.74, 6) is -1.05. The lowest BCUT2D eigenvalue weighted by atomic mass is 9.92. The van der Waals surface area contributed by atoms with Gasteiger partial charge in [0.15, 0.2) is 0 Å². The van der Waals surface area contributed by atoms with Gasteiger partial charge in [-0.2, -0.15) is 0 Å². The predicted octanol–water partition coefficient (Wildman–Crippen LogP) is 4.83. The second kappa shape index (κ2) is 12.5. The van der Waals surface area contributed by atoms with E-state index in [1.165, 1.54) is 51.4 Å². The van der Waals surface area contributed by atoms with E-state index >= 15 is 0 Å². The first kappa shape index (κ1) is 21.2. The summed E-state index contributed by atoms with van der Waals surface area (Å²) in [5.41, 5.74) is 3.19. The standard InChI is InChI=1S/C21H36O3/c1-2-3-4-5-7-10-14-19-16-13-17-20(19)15-11-8-6-9-12-18-21(22,23)24/h6,10-11,14,19-20,22-24H,2-5,7,9,12-13,15-18H2,1H3/t8?,19-,20-/m0/s1. The predicted molar refractivity (Wildman–Crippen MR) is 99.2 cm³/mol. The first-order valence-electron chi connectivity index (χ1n) is 9.76. The molecule has 3 nitrogen and oxygen atoms in total. The molecule has 1 rings (SSSR count). The SMILES string of the molecule is CCCCCCC=C[C@H]1CCC[C@@H]1CC=C=CCCCC(O)(O)O. The summed E-state index contributed by atoms with van der Waals surface area (Å²) < 4.78 is 0. The number of hydrogen-bond acceptors (Lipinski definition) is 3. The van der Waals surface area contributed by atoms with Crippen LogP contribution in [0.3, 0.4) is 0 Å². The lowest BCUT2D eigenvalue weighted by molar-refractivity contribution is -0.314. The highest BCUT2D eigenvalue weighted by atomic mass is 16.7. The normalized spacial score (nSPS) is 21.2. The Morgan fingerprint density at radius 3 is 2.58 bits per heavy atom. The Kier molecular flexibility index (Phi) is 11.0. The minimum absolute atomic E-state index is 0.0288. The van der Waals surface area contributed by atoms with Crippen molar-refractivity contribution in [1.29, 1.82) is 0 Å². The lowest BCUT2D eigenvalue weighted by Crippen LogP contribution is -2.26. The van der Waals surface area contributed by atoms with Crippen LogP contribution >= 0.6 is 0 Å². The van der Waals surface area contributed by atoms with Crippen LogP contribution in [0.25, 0.3) is 0 Å². The van der Waals surface area contributed by atoms with E-state index in [1.807, 2.05) is 6.08 Å². The molecule has 1 aliphatic carbocycles. The Bertz CT molecular complexity index is 400. The lowest BCUT2D eigenvalue weighted by Gasteiger charge is -2.13. The molecule has 24 heavy (non-hydrogen) atoms. The minimum atomic E-state index is -2.53. The molecule has 0 radical (unpaired) electrons. The zero-order valence-electron chi connectivity index (χ0n) is 15.3. The maximum Gasteiger partial charge on any atom is 0.275 e. The molecule has 0 unspecified atom stereocenters. The first-order valence-corrected chi connectivity index (χ1v) is 9.76. The zero-order valence-corrected chi connectivity index (χ0v) is 15.3. The van der Waals surface area contributed by atoms with Gasteiger partial charge in [0, 0.05) is 6.42 Å². The summed E-state index contributed by atoms with van der Waals surface area (Å²) in [7, 11) is 0. The Morgan fingerprint density at radius 2 is 1.83 bits per heavy atom. The quantitative estimate of drug-likeness (QED) is 0.207. The van der Waals surface area contributed by atoms with Gasteiger partial charge in [-0.1, -0.05) is 44.8 Å². The van der Waals surface area contributed by atoms with E-state index in [4.69, 9.17) is 15.3 Å². The molecule has 0 amide bonds. The van der Waals surface area contributed by atoms with E-state index < -0.39 is 5.97 Å². The first-order chi connectivity index (χ1) is 11.5. The molecular weight excluding hydrogens is 300 g/mol. The molecule has 0 aromatic carbocycles. The van der Waals surface area contributed by atoms with Gasteiger partial charge >= 0.3 is 0 Å². The molecule has 1 fully saturated rings. The van der Waals surface area contributed by atoms with Crippen LogP contribution in [0.15, 0.2) is 30.0 Å². The van der Waals surface area contributed by atoms with E-state index in [0.717, 1.165) is 18.3 Å². The van der Waals surface area contributed by atoms with E-state index in [2.05, 4.69) is 30.9 Å². The number of rotatable bonds is 12. The third-order valence-corrected chi connectivity index (χ3v) is 4.84. The van der Waals surface area contributed by atoms with Gasteiger partial charge in [0.05, 0.1) is 0 Å². The Balaban J connectivity index is 2.20. The molecule has 0 saturated heterocycles. The average Bonchev–Trinajstić information content (AvgIpc) is 2.96. The van der Waals surface area contributed by atoms with Crippen molar-refractivity contribution in [2.24, 2.45) is 11.8 Å². The third kappa shape index (κ3) is 10.8. The number of aliphatic hydroxyl groups is 3. The van der Waals surface area contributed by atoms with Crippen molar-refractivity contribution in [1.82, 2.24) is 0 Å². The van der Waals surface area contributed by atoms with Gasteiger partial charge in [0.1, 0.15) is 0 Å². The van der Waals surface area contributed by atoms with Crippen molar-refractivity contribution in [3.63, 3.8) is 0 Å². The van der Waals surface area contributed by atoms with Crippen LogP contribution in [-0.4, -0.2) is 21.3 Å². The van der Waals surface area contributed by atoms with Crippen molar-refractivity contribution in [2.45, 2.75) is 89.9 Å². The van der Waals surface area contributed by atoms with Crippen LogP contribution < -0.4 is 0 Å². The molecule has 0 aliphatic heterocycles. The van der Waals surface area contributed by atoms with E-state index in [0.29, 0.717) is 12.8 Å². The largest absolute Gasteiger partial charge is 0.344 e. The Morgan fingerprint density at radius 1 is 1.00 bits per heavy atom. The molecule has 3 N–H and O–H groups in total. The van der Waals surface area contributed by atoms with Crippen molar-refractivity contribution >= 4 is 0 Å². The van der Waals surface area contributed by atoms with Crippen molar-refractivity contribution < 1.29 is 15.3 Å². The second-order valence-electron chi connectivity index (χ2n) is 7.11. The molecule has 0 aromatic rings. The molecule has 138 valence electrons. The van der Waals surface area contributed by atoms with Gasteiger partial charge in [0.2, 0.25) is 0 Å². The Labute approximate surface area is 147 Å². The summed E-state index contributed by atoms with van der Waals surface area (Å²) >= 11 is 0. The highest BCUT2D eigenvalue weighted by Gasteiger charge is 2.23. The minimum Gasteiger partial charge on any atom is -0.344 e. The molecule has 0 spiro atoms. The van der Waals surface area contributed by atoms with E-state index in [9.17, 15) is 0 Å². The summed E-state index contributed by atoms with van der Waals surface area (Å²) in [5, 5.41) is 26.4. The fourth-order valence-electron chi connectivity index (χ4n) is 3.40. The molecule has 1 aliphatic rings. The molecule has 2 atom stereocenters. The molecule has 3 heteroatoms. The number of hydrogen-bond donors (Lipinski definition) is 3. The summed E-state index contributed by atoms with van der Waals surface area (Å²) in [6.45, 7) is 2.25. The van der Waals surface area contributed by atoms with E-state index in [-0.39, 0.29) is 6.42 Å². The highest BCUT2D eigenvalue weighted by molar-refractivity contribution is 4.98. The molecular formula is C21H36O3. The van der Waals surface area contributed by atoms with Crippen molar-refractivity contribution in [2.75, 3.05) is 0 Å². The topological polar surface area (TPSA) is 60.7 Å². The maximum atomic E-state index is 8.79. The van der Waals surface area contributed by atoms with Crippen LogP contribution in [0.5, 0.6) is 0 Å². The van der Waals surface area contributed by atoms with Crippen molar-refractivity contribution in [3.05, 3.63) is 30.0 Å². The van der Waals surface area contributed by atoms with Crippen LogP contribution in [0, 0.1) is 11.8 Å². The maximum absolute atomic E-state index is 8.79. The van der Waals surface area contributed by atoms with Gasteiger partial charge < -0.3 is 15.3 Å². The fourth-order valence-corrected chi connectivity index (χ4v) is 3.40. The molecule has 0 heterocycles. The van der Waals surface area contributed by atoms with Gasteiger partial charge in [-0.25, -0.2) is 0 Å². The van der Waals surface area contributed by atoms with Gasteiger partial charge in [-0.15, -0.1) is 5.73 Å². The third-order valence-electron chi connectivity index (χ3n) is 4.84. The van der Waals surface area contributed by atoms with Crippen LogP contribution in [-0.2, 0) is 0 Å². The van der Waals surface area contributed by atoms with Crippen LogP contribution in [0.2, 0.25) is 0 Å². The second-order valence-corrected chi connectivity index (χ2v) is 7.11. The molecule has 0 bridgehead atoms. The van der Waals surface area contributed by atoms with Crippen molar-refractivity contribution in [3.8, 4) is 0 Å². The van der Waals surface area contributed by atoms with Crippen LogP contribution in [0.4, 0.5) is 0 Å².